The van der Waals surface area contributed by atoms with Gasteiger partial charge in [-0.3, -0.25) is 9.79 Å². The number of nitrogens with zero attached hydrogens (tertiary/aromatic N) is 2. The van der Waals surface area contributed by atoms with Crippen molar-refractivity contribution in [3.05, 3.63) is 0 Å². The van der Waals surface area contributed by atoms with Crippen LogP contribution in [0.3, 0.4) is 0 Å². The summed E-state index contributed by atoms with van der Waals surface area (Å²) in [6, 6.07) is 0. The Hall–Kier alpha value is -0.220. The van der Waals surface area contributed by atoms with Crippen LogP contribution in [0, 0.1) is 5.92 Å². The van der Waals surface area contributed by atoms with Crippen LogP contribution in [-0.4, -0.2) is 73.8 Å². The molecule has 2 saturated heterocycles. The largest absolute Gasteiger partial charge is 0.466 e. The minimum atomic E-state index is -0.0485. The molecule has 0 aliphatic carbocycles. The Morgan fingerprint density at radius 3 is 2.50 bits per heavy atom. The number of halogens is 1. The third-order valence-corrected chi connectivity index (χ3v) is 6.51. The van der Waals surface area contributed by atoms with Gasteiger partial charge in [-0.25, -0.2) is 0 Å². The predicted molar refractivity (Wildman–Crippen MR) is 119 cm³/mol. The molecular weight excluding hydrogens is 465 g/mol. The number of thioether (sulfide) groups is 1. The Bertz CT molecular complexity index is 451. The summed E-state index contributed by atoms with van der Waals surface area (Å²) in [5.74, 6) is 0.962. The molecule has 0 spiro atoms. The van der Waals surface area contributed by atoms with Crippen molar-refractivity contribution in [3.63, 3.8) is 0 Å². The van der Waals surface area contributed by atoms with E-state index in [2.05, 4.69) is 23.4 Å². The summed E-state index contributed by atoms with van der Waals surface area (Å²) >= 11 is 1.92. The molecule has 0 atom stereocenters. The van der Waals surface area contributed by atoms with E-state index in [0.717, 1.165) is 71.0 Å². The first-order valence-electron chi connectivity index (χ1n) is 9.47. The lowest BCUT2D eigenvalue weighted by atomic mass is 9.97. The molecule has 2 rings (SSSR count). The average Bonchev–Trinajstić information content (AvgIpc) is 2.66. The SMILES string of the molecule is CCNC(=NCC1(SC)CCOCC1)N1CCC(C(=O)OCC)CC1.I. The predicted octanol–water partition coefficient (Wildman–Crippen LogP) is 2.76. The third kappa shape index (κ3) is 6.74. The highest BCUT2D eigenvalue weighted by Crippen LogP contribution is 2.34. The van der Waals surface area contributed by atoms with Crippen molar-refractivity contribution in [2.75, 3.05) is 52.3 Å². The van der Waals surface area contributed by atoms with Crippen LogP contribution in [-0.2, 0) is 14.3 Å². The second kappa shape index (κ2) is 12.3. The number of piperidine rings is 1. The Morgan fingerprint density at radius 1 is 1.31 bits per heavy atom. The van der Waals surface area contributed by atoms with Gasteiger partial charge < -0.3 is 19.7 Å². The Kier molecular flexibility index (Phi) is 11.2. The molecule has 6 nitrogen and oxygen atoms in total. The number of hydrogen-bond donors (Lipinski definition) is 1. The Balaban J connectivity index is 0.00000338. The maximum Gasteiger partial charge on any atom is 0.309 e. The molecule has 2 heterocycles. The Labute approximate surface area is 179 Å². The van der Waals surface area contributed by atoms with Gasteiger partial charge in [-0.1, -0.05) is 0 Å². The van der Waals surface area contributed by atoms with E-state index in [1.807, 2.05) is 18.7 Å². The number of likely N-dealkylation sites (tertiary alicyclic amines) is 1. The first-order valence-corrected chi connectivity index (χ1v) is 10.7. The maximum absolute atomic E-state index is 11.9. The average molecular weight is 499 g/mol. The molecule has 152 valence electrons. The van der Waals surface area contributed by atoms with Crippen molar-refractivity contribution in [2.45, 2.75) is 44.3 Å². The summed E-state index contributed by atoms with van der Waals surface area (Å²) in [6.45, 7) is 9.46. The molecule has 0 radical (unpaired) electrons. The van der Waals surface area contributed by atoms with E-state index in [0.29, 0.717) is 6.61 Å². The zero-order chi connectivity index (χ0) is 18.1. The highest BCUT2D eigenvalue weighted by atomic mass is 127. The number of esters is 1. The van der Waals surface area contributed by atoms with E-state index in [9.17, 15) is 4.79 Å². The van der Waals surface area contributed by atoms with Gasteiger partial charge in [-0.05, 0) is 45.8 Å². The Morgan fingerprint density at radius 2 is 1.96 bits per heavy atom. The van der Waals surface area contributed by atoms with Crippen LogP contribution in [0.2, 0.25) is 0 Å². The van der Waals surface area contributed by atoms with E-state index >= 15 is 0 Å². The number of aliphatic imine (C=N–C) groups is 1. The first-order chi connectivity index (χ1) is 12.1. The molecule has 2 aliphatic rings. The molecular formula is C18H34IN3O3S. The third-order valence-electron chi connectivity index (χ3n) is 5.10. The van der Waals surface area contributed by atoms with Crippen molar-refractivity contribution in [2.24, 2.45) is 10.9 Å². The minimum Gasteiger partial charge on any atom is -0.466 e. The van der Waals surface area contributed by atoms with Crippen molar-refractivity contribution >= 4 is 47.7 Å². The van der Waals surface area contributed by atoms with E-state index in [1.54, 1.807) is 0 Å². The maximum atomic E-state index is 11.9. The van der Waals surface area contributed by atoms with E-state index in [4.69, 9.17) is 14.5 Å². The summed E-state index contributed by atoms with van der Waals surface area (Å²) in [5, 5.41) is 3.42. The van der Waals surface area contributed by atoms with Crippen molar-refractivity contribution in [1.29, 1.82) is 0 Å². The number of carbonyl (C=O) groups excluding carboxylic acids is 1. The fourth-order valence-corrected chi connectivity index (χ4v) is 4.17. The fourth-order valence-electron chi connectivity index (χ4n) is 3.40. The van der Waals surface area contributed by atoms with Crippen LogP contribution in [0.5, 0.6) is 0 Å². The number of rotatable bonds is 6. The smallest absolute Gasteiger partial charge is 0.309 e. The second-order valence-electron chi connectivity index (χ2n) is 6.68. The van der Waals surface area contributed by atoms with Crippen LogP contribution in [0.1, 0.15) is 39.5 Å². The topological polar surface area (TPSA) is 63.2 Å². The zero-order valence-electron chi connectivity index (χ0n) is 16.3. The molecule has 0 unspecified atom stereocenters. The van der Waals surface area contributed by atoms with Gasteiger partial charge in [0.1, 0.15) is 0 Å². The number of guanidine groups is 1. The van der Waals surface area contributed by atoms with Gasteiger partial charge in [0.25, 0.3) is 0 Å². The summed E-state index contributed by atoms with van der Waals surface area (Å²) in [6.07, 6.45) is 5.97. The first kappa shape index (κ1) is 23.8. The van der Waals surface area contributed by atoms with Crippen LogP contribution in [0.25, 0.3) is 0 Å². The summed E-state index contributed by atoms with van der Waals surface area (Å²) < 4.78 is 10.9. The van der Waals surface area contributed by atoms with E-state index < -0.39 is 0 Å². The lowest BCUT2D eigenvalue weighted by Crippen LogP contribution is -2.47. The molecule has 26 heavy (non-hydrogen) atoms. The van der Waals surface area contributed by atoms with Gasteiger partial charge in [-0.15, -0.1) is 24.0 Å². The molecule has 0 bridgehead atoms. The fraction of sp³-hybridized carbons (Fsp3) is 0.889. The van der Waals surface area contributed by atoms with Gasteiger partial charge in [0.15, 0.2) is 5.96 Å². The van der Waals surface area contributed by atoms with Crippen LogP contribution in [0.15, 0.2) is 4.99 Å². The highest BCUT2D eigenvalue weighted by molar-refractivity contribution is 14.0. The van der Waals surface area contributed by atoms with Crippen LogP contribution >= 0.6 is 35.7 Å². The van der Waals surface area contributed by atoms with Crippen molar-refractivity contribution < 1.29 is 14.3 Å². The standard InChI is InChI=1S/C18H33N3O3S.HI/c1-4-19-17(20-14-18(25-3)8-12-23-13-9-18)21-10-6-15(7-11-21)16(22)24-5-2;/h15H,4-14H2,1-3H3,(H,19,20);1H. The molecule has 0 aromatic rings. The van der Waals surface area contributed by atoms with Gasteiger partial charge in [0.05, 0.1) is 19.1 Å². The quantitative estimate of drug-likeness (QED) is 0.263. The zero-order valence-corrected chi connectivity index (χ0v) is 19.4. The summed E-state index contributed by atoms with van der Waals surface area (Å²) in [7, 11) is 0. The minimum absolute atomic E-state index is 0. The summed E-state index contributed by atoms with van der Waals surface area (Å²) in [4.78, 5) is 19.1. The molecule has 1 N–H and O–H groups in total. The molecule has 8 heteroatoms. The van der Waals surface area contributed by atoms with Crippen LogP contribution < -0.4 is 5.32 Å². The lowest BCUT2D eigenvalue weighted by Gasteiger charge is -2.36. The molecule has 0 aromatic carbocycles. The molecule has 0 aromatic heterocycles. The monoisotopic (exact) mass is 499 g/mol. The van der Waals surface area contributed by atoms with Gasteiger partial charge in [0.2, 0.25) is 0 Å². The van der Waals surface area contributed by atoms with Gasteiger partial charge >= 0.3 is 5.97 Å². The number of ether oxygens (including phenoxy) is 2. The lowest BCUT2D eigenvalue weighted by molar-refractivity contribution is -0.149. The van der Waals surface area contributed by atoms with Crippen molar-refractivity contribution in [3.8, 4) is 0 Å². The second-order valence-corrected chi connectivity index (χ2v) is 7.96. The number of hydrogen-bond acceptors (Lipinski definition) is 5. The molecule has 0 amide bonds. The van der Waals surface area contributed by atoms with E-state index in [1.165, 1.54) is 0 Å². The highest BCUT2D eigenvalue weighted by Gasteiger charge is 2.32. The van der Waals surface area contributed by atoms with Crippen molar-refractivity contribution in [1.82, 2.24) is 10.2 Å². The molecule has 2 fully saturated rings. The van der Waals surface area contributed by atoms with Gasteiger partial charge in [0, 0.05) is 37.6 Å². The number of carbonyl (C=O) groups is 1. The molecule has 0 saturated carbocycles. The number of nitrogens with one attached hydrogen (secondary N) is 1. The van der Waals surface area contributed by atoms with Gasteiger partial charge in [-0.2, -0.15) is 11.8 Å². The summed E-state index contributed by atoms with van der Waals surface area (Å²) in [5.41, 5.74) is 0. The van der Waals surface area contributed by atoms with E-state index in [-0.39, 0.29) is 40.6 Å². The van der Waals surface area contributed by atoms with Crippen LogP contribution in [0.4, 0.5) is 0 Å². The molecule has 2 aliphatic heterocycles. The normalized spacial score (nSPS) is 21.0.